The minimum absolute atomic E-state index is 0.287. The van der Waals surface area contributed by atoms with Gasteiger partial charge in [-0.15, -0.1) is 11.8 Å². The molecule has 2 unspecified atom stereocenters. The van der Waals surface area contributed by atoms with E-state index < -0.39 is 5.54 Å². The van der Waals surface area contributed by atoms with Crippen LogP contribution in [-0.2, 0) is 4.79 Å². The molecule has 106 valence electrons. The van der Waals surface area contributed by atoms with Gasteiger partial charge in [-0.1, -0.05) is 26.0 Å². The molecular weight excluding hydrogens is 324 g/mol. The van der Waals surface area contributed by atoms with Crippen molar-refractivity contribution in [1.29, 1.82) is 0 Å². The van der Waals surface area contributed by atoms with Gasteiger partial charge in [0.2, 0.25) is 5.91 Å². The molecule has 0 aliphatic rings. The molecule has 19 heavy (non-hydrogen) atoms. The van der Waals surface area contributed by atoms with Gasteiger partial charge in [-0.25, -0.2) is 0 Å². The first-order valence-electron chi connectivity index (χ1n) is 6.35. The number of hydrogen-bond acceptors (Lipinski definition) is 3. The maximum absolute atomic E-state index is 11.6. The lowest BCUT2D eigenvalue weighted by Gasteiger charge is -2.29. The highest BCUT2D eigenvalue weighted by Crippen LogP contribution is 2.33. The average molecular weight is 345 g/mol. The van der Waals surface area contributed by atoms with E-state index in [2.05, 4.69) is 34.2 Å². The molecule has 0 spiro atoms. The molecule has 0 aliphatic heterocycles. The Kier molecular flexibility index (Phi) is 6.36. The molecule has 0 aliphatic carbocycles. The molecule has 0 fully saturated rings. The van der Waals surface area contributed by atoms with E-state index >= 15 is 0 Å². The summed E-state index contributed by atoms with van der Waals surface area (Å²) in [4.78, 5) is 12.8. The zero-order valence-electron chi connectivity index (χ0n) is 11.6. The van der Waals surface area contributed by atoms with E-state index in [1.165, 1.54) is 4.90 Å². The van der Waals surface area contributed by atoms with E-state index in [0.717, 1.165) is 11.0 Å². The second-order valence-corrected chi connectivity index (χ2v) is 7.12. The van der Waals surface area contributed by atoms with Crippen molar-refractivity contribution in [1.82, 2.24) is 5.32 Å². The van der Waals surface area contributed by atoms with E-state index in [0.29, 0.717) is 6.42 Å². The number of amides is 1. The van der Waals surface area contributed by atoms with E-state index in [-0.39, 0.29) is 11.2 Å². The number of nitrogens with two attached hydrogens (primary N) is 1. The van der Waals surface area contributed by atoms with Crippen LogP contribution in [0.2, 0.25) is 0 Å². The van der Waals surface area contributed by atoms with Crippen LogP contribution < -0.4 is 11.1 Å². The van der Waals surface area contributed by atoms with Crippen LogP contribution in [0, 0.1) is 0 Å². The van der Waals surface area contributed by atoms with Crippen molar-refractivity contribution in [3.63, 3.8) is 0 Å². The highest BCUT2D eigenvalue weighted by molar-refractivity contribution is 9.10. The third-order valence-corrected chi connectivity index (χ3v) is 5.10. The summed E-state index contributed by atoms with van der Waals surface area (Å²) in [5.74, 6) is -0.297. The molecule has 0 saturated carbocycles. The van der Waals surface area contributed by atoms with Crippen LogP contribution in [0.5, 0.6) is 0 Å². The van der Waals surface area contributed by atoms with Crippen molar-refractivity contribution in [2.75, 3.05) is 6.54 Å². The Bertz CT molecular complexity index is 441. The molecule has 0 radical (unpaired) electrons. The number of primary amides is 1. The maximum atomic E-state index is 11.6. The predicted molar refractivity (Wildman–Crippen MR) is 85.4 cm³/mol. The van der Waals surface area contributed by atoms with Crippen LogP contribution in [0.25, 0.3) is 0 Å². The molecule has 3 N–H and O–H groups in total. The lowest BCUT2D eigenvalue weighted by molar-refractivity contribution is -0.124. The number of hydrogen-bond donors (Lipinski definition) is 2. The van der Waals surface area contributed by atoms with Crippen LogP contribution >= 0.6 is 27.7 Å². The van der Waals surface area contributed by atoms with Crippen LogP contribution in [0.15, 0.2) is 33.6 Å². The van der Waals surface area contributed by atoms with Crippen LogP contribution in [0.3, 0.4) is 0 Å². The number of nitrogens with one attached hydrogen (secondary N) is 1. The molecule has 1 rings (SSSR count). The van der Waals surface area contributed by atoms with Crippen molar-refractivity contribution in [3.05, 3.63) is 28.7 Å². The summed E-state index contributed by atoms with van der Waals surface area (Å²) in [5.41, 5.74) is 4.86. The first kappa shape index (κ1) is 16.5. The number of rotatable bonds is 7. The number of carbonyl (C=O) groups excluding carboxylic acids is 1. The Morgan fingerprint density at radius 1 is 1.53 bits per heavy atom. The van der Waals surface area contributed by atoms with Crippen molar-refractivity contribution in [2.24, 2.45) is 5.73 Å². The van der Waals surface area contributed by atoms with Gasteiger partial charge in [-0.2, -0.15) is 0 Å². The van der Waals surface area contributed by atoms with Gasteiger partial charge in [0.15, 0.2) is 0 Å². The van der Waals surface area contributed by atoms with Gasteiger partial charge in [0.25, 0.3) is 0 Å². The molecule has 5 heteroatoms. The van der Waals surface area contributed by atoms with E-state index in [1.54, 1.807) is 11.8 Å². The Hall–Kier alpha value is -0.520. The second kappa shape index (κ2) is 7.31. The fourth-order valence-corrected chi connectivity index (χ4v) is 3.78. The maximum Gasteiger partial charge on any atom is 0.237 e. The van der Waals surface area contributed by atoms with Crippen molar-refractivity contribution in [3.8, 4) is 0 Å². The number of thioether (sulfide) groups is 1. The first-order chi connectivity index (χ1) is 8.89. The van der Waals surface area contributed by atoms with Gasteiger partial charge in [-0.3, -0.25) is 4.79 Å². The van der Waals surface area contributed by atoms with Crippen LogP contribution in [0.1, 0.15) is 27.2 Å². The predicted octanol–water partition coefficient (Wildman–Crippen LogP) is 3.17. The molecule has 3 nitrogen and oxygen atoms in total. The zero-order chi connectivity index (χ0) is 14.5. The molecule has 0 saturated heterocycles. The largest absolute Gasteiger partial charge is 0.368 e. The molecular formula is C14H21BrN2OS. The monoisotopic (exact) mass is 344 g/mol. The minimum atomic E-state index is -0.650. The normalized spacial score (nSPS) is 15.8. The molecule has 0 aromatic heterocycles. The summed E-state index contributed by atoms with van der Waals surface area (Å²) in [5, 5.41) is 3.48. The molecule has 0 bridgehead atoms. The van der Waals surface area contributed by atoms with Gasteiger partial charge in [-0.05, 0) is 48.0 Å². The number of carbonyl (C=O) groups is 1. The third-order valence-electron chi connectivity index (χ3n) is 2.97. The van der Waals surface area contributed by atoms with Crippen LogP contribution in [-0.4, -0.2) is 23.2 Å². The summed E-state index contributed by atoms with van der Waals surface area (Å²) < 4.78 is 1.08. The lowest BCUT2D eigenvalue weighted by atomic mass is 9.95. The standard InChI is InChI=1S/C14H21BrN2OS/c1-4-17-14(3,13(16)18)9-10(2)19-12-8-6-5-7-11(12)15/h5-8,10,17H,4,9H2,1-3H3,(H2,16,18). The van der Waals surface area contributed by atoms with Gasteiger partial charge >= 0.3 is 0 Å². The van der Waals surface area contributed by atoms with Gasteiger partial charge < -0.3 is 11.1 Å². The Labute approximate surface area is 127 Å². The van der Waals surface area contributed by atoms with E-state index in [4.69, 9.17) is 5.73 Å². The summed E-state index contributed by atoms with van der Waals surface area (Å²) in [7, 11) is 0. The molecule has 1 aromatic rings. The highest BCUT2D eigenvalue weighted by Gasteiger charge is 2.32. The topological polar surface area (TPSA) is 55.1 Å². The first-order valence-corrected chi connectivity index (χ1v) is 8.02. The van der Waals surface area contributed by atoms with Gasteiger partial charge in [0.1, 0.15) is 0 Å². The summed E-state index contributed by atoms with van der Waals surface area (Å²) in [6, 6.07) is 8.09. The van der Waals surface area contributed by atoms with Gasteiger partial charge in [0, 0.05) is 14.6 Å². The number of halogens is 1. The lowest BCUT2D eigenvalue weighted by Crippen LogP contribution is -2.54. The highest BCUT2D eigenvalue weighted by atomic mass is 79.9. The summed E-state index contributed by atoms with van der Waals surface area (Å²) in [6.07, 6.45) is 0.697. The molecule has 0 heterocycles. The SMILES string of the molecule is CCNC(C)(CC(C)Sc1ccccc1Br)C(N)=O. The third kappa shape index (κ3) is 4.82. The van der Waals surface area contributed by atoms with Crippen LogP contribution in [0.4, 0.5) is 0 Å². The fourth-order valence-electron chi connectivity index (χ4n) is 2.02. The van der Waals surface area contributed by atoms with Gasteiger partial charge in [0.05, 0.1) is 5.54 Å². The van der Waals surface area contributed by atoms with Crippen molar-refractivity contribution >= 4 is 33.6 Å². The second-order valence-electron chi connectivity index (χ2n) is 4.79. The number of likely N-dealkylation sites (N-methyl/N-ethyl adjacent to an activating group) is 1. The van der Waals surface area contributed by atoms with E-state index in [1.807, 2.05) is 32.0 Å². The molecule has 2 atom stereocenters. The summed E-state index contributed by atoms with van der Waals surface area (Å²) in [6.45, 7) is 6.69. The van der Waals surface area contributed by atoms with Crippen molar-refractivity contribution in [2.45, 2.75) is 42.9 Å². The molecule has 1 aromatic carbocycles. The van der Waals surface area contributed by atoms with Crippen molar-refractivity contribution < 1.29 is 4.79 Å². The minimum Gasteiger partial charge on any atom is -0.368 e. The smallest absolute Gasteiger partial charge is 0.237 e. The number of benzene rings is 1. The molecule has 1 amide bonds. The Balaban J connectivity index is 2.71. The quantitative estimate of drug-likeness (QED) is 0.747. The average Bonchev–Trinajstić information content (AvgIpc) is 2.32. The summed E-state index contributed by atoms with van der Waals surface area (Å²) >= 11 is 5.28. The zero-order valence-corrected chi connectivity index (χ0v) is 14.0. The van der Waals surface area contributed by atoms with E-state index in [9.17, 15) is 4.79 Å². The fraction of sp³-hybridized carbons (Fsp3) is 0.500. The Morgan fingerprint density at radius 2 is 2.16 bits per heavy atom. The Morgan fingerprint density at radius 3 is 2.68 bits per heavy atom.